The quantitative estimate of drug-likeness (QED) is 0.266. The van der Waals surface area contributed by atoms with E-state index in [4.69, 9.17) is 9.40 Å². The molecule has 0 atom stereocenters. The summed E-state index contributed by atoms with van der Waals surface area (Å²) >= 11 is 0. The number of rotatable bonds is 4. The summed E-state index contributed by atoms with van der Waals surface area (Å²) in [6, 6.07) is 24.0. The second-order valence-electron chi connectivity index (χ2n) is 11.3. The third-order valence-corrected chi connectivity index (χ3v) is 7.04. The molecule has 5 aromatic rings. The molecule has 0 amide bonds. The van der Waals surface area contributed by atoms with E-state index < -0.39 is 0 Å². The molecular formula is C33H35NO. The Morgan fingerprint density at radius 2 is 1.43 bits per heavy atom. The summed E-state index contributed by atoms with van der Waals surface area (Å²) in [6.07, 6.45) is 1.95. The predicted molar refractivity (Wildman–Crippen MR) is 149 cm³/mol. The van der Waals surface area contributed by atoms with Crippen LogP contribution in [0.4, 0.5) is 0 Å². The van der Waals surface area contributed by atoms with Gasteiger partial charge in [0.2, 0.25) is 0 Å². The molecule has 0 aliphatic heterocycles. The van der Waals surface area contributed by atoms with Crippen LogP contribution in [0.1, 0.15) is 77.0 Å². The van der Waals surface area contributed by atoms with E-state index in [2.05, 4.69) is 103 Å². The van der Waals surface area contributed by atoms with Crippen LogP contribution in [0.2, 0.25) is 0 Å². The van der Waals surface area contributed by atoms with Crippen LogP contribution < -0.4 is 0 Å². The first-order valence-electron chi connectivity index (χ1n) is 12.7. The highest BCUT2D eigenvalue weighted by atomic mass is 16.3. The number of aromatic nitrogens is 1. The monoisotopic (exact) mass is 461 g/mol. The van der Waals surface area contributed by atoms with Crippen molar-refractivity contribution in [3.8, 4) is 22.4 Å². The van der Waals surface area contributed by atoms with Gasteiger partial charge < -0.3 is 4.42 Å². The summed E-state index contributed by atoms with van der Waals surface area (Å²) < 4.78 is 6.44. The van der Waals surface area contributed by atoms with E-state index in [0.29, 0.717) is 11.8 Å². The first-order valence-corrected chi connectivity index (χ1v) is 12.7. The largest absolute Gasteiger partial charge is 0.455 e. The molecule has 2 heterocycles. The van der Waals surface area contributed by atoms with Gasteiger partial charge in [0.25, 0.3) is 0 Å². The van der Waals surface area contributed by atoms with Crippen molar-refractivity contribution in [3.63, 3.8) is 0 Å². The van der Waals surface area contributed by atoms with Gasteiger partial charge in [-0.25, -0.2) is 0 Å². The Morgan fingerprint density at radius 3 is 2.09 bits per heavy atom. The molecule has 0 saturated carbocycles. The standard InChI is InChI=1S/C33H35NO/c1-20(2)24-12-10-13-25(21(3)4)31(24)22-15-16-34-29(17-22)28-19-23(33(5,6)7)18-27-26-11-8-9-14-30(26)35-32(27)28/h8-21H,1-7H3. The zero-order valence-corrected chi connectivity index (χ0v) is 21.9. The Labute approximate surface area is 209 Å². The number of para-hydroxylation sites is 1. The SMILES string of the molecule is CC(C)c1cccc(C(C)C)c1-c1ccnc(-c2cc(C(C)(C)C)cc3c2oc2ccccc23)c1. The van der Waals surface area contributed by atoms with Crippen molar-refractivity contribution in [2.75, 3.05) is 0 Å². The highest BCUT2D eigenvalue weighted by Gasteiger charge is 2.22. The van der Waals surface area contributed by atoms with Crippen molar-refractivity contribution in [2.45, 2.75) is 65.7 Å². The van der Waals surface area contributed by atoms with Crippen molar-refractivity contribution >= 4 is 21.9 Å². The van der Waals surface area contributed by atoms with Gasteiger partial charge in [-0.05, 0) is 75.4 Å². The van der Waals surface area contributed by atoms with Gasteiger partial charge in [0.15, 0.2) is 0 Å². The normalized spacial score (nSPS) is 12.4. The van der Waals surface area contributed by atoms with E-state index >= 15 is 0 Å². The van der Waals surface area contributed by atoms with Crippen molar-refractivity contribution in [1.29, 1.82) is 0 Å². The molecule has 0 fully saturated rings. The van der Waals surface area contributed by atoms with Gasteiger partial charge >= 0.3 is 0 Å². The Balaban J connectivity index is 1.80. The van der Waals surface area contributed by atoms with Gasteiger partial charge in [-0.2, -0.15) is 0 Å². The summed E-state index contributed by atoms with van der Waals surface area (Å²) in [5.74, 6) is 0.873. The number of hydrogen-bond acceptors (Lipinski definition) is 2. The summed E-state index contributed by atoms with van der Waals surface area (Å²) in [6.45, 7) is 15.9. The second kappa shape index (κ2) is 8.68. The minimum Gasteiger partial charge on any atom is -0.455 e. The number of benzene rings is 3. The molecule has 0 spiro atoms. The predicted octanol–water partition coefficient (Wildman–Crippen LogP) is 9.86. The van der Waals surface area contributed by atoms with Crippen LogP contribution in [0.5, 0.6) is 0 Å². The molecule has 35 heavy (non-hydrogen) atoms. The molecule has 5 rings (SSSR count). The number of hydrogen-bond donors (Lipinski definition) is 0. The molecule has 0 radical (unpaired) electrons. The Bertz CT molecular complexity index is 1500. The first-order chi connectivity index (χ1) is 16.6. The average molecular weight is 462 g/mol. The van der Waals surface area contributed by atoms with Crippen molar-refractivity contribution < 1.29 is 4.42 Å². The van der Waals surface area contributed by atoms with Gasteiger partial charge in [-0.3, -0.25) is 4.98 Å². The van der Waals surface area contributed by atoms with Crippen LogP contribution in [-0.2, 0) is 5.41 Å². The topological polar surface area (TPSA) is 26.0 Å². The molecule has 0 N–H and O–H groups in total. The Kier molecular flexibility index (Phi) is 5.79. The molecule has 2 heteroatoms. The lowest BCUT2D eigenvalue weighted by Gasteiger charge is -2.21. The lowest BCUT2D eigenvalue weighted by Crippen LogP contribution is -2.11. The summed E-state index contributed by atoms with van der Waals surface area (Å²) in [7, 11) is 0. The van der Waals surface area contributed by atoms with Crippen LogP contribution in [0.25, 0.3) is 44.3 Å². The summed E-state index contributed by atoms with van der Waals surface area (Å²) in [4.78, 5) is 4.87. The minimum absolute atomic E-state index is 0.00792. The van der Waals surface area contributed by atoms with E-state index in [1.54, 1.807) is 0 Å². The molecular weight excluding hydrogens is 426 g/mol. The number of pyridine rings is 1. The third kappa shape index (κ3) is 4.16. The average Bonchev–Trinajstić information content (AvgIpc) is 3.21. The fourth-order valence-electron chi connectivity index (χ4n) is 5.07. The molecule has 2 aromatic heterocycles. The highest BCUT2D eigenvalue weighted by molar-refractivity contribution is 6.09. The maximum Gasteiger partial charge on any atom is 0.144 e. The number of nitrogens with zero attached hydrogens (tertiary/aromatic N) is 1. The zero-order valence-electron chi connectivity index (χ0n) is 21.9. The van der Waals surface area contributed by atoms with Crippen LogP contribution in [0, 0.1) is 0 Å². The van der Waals surface area contributed by atoms with E-state index in [1.807, 2.05) is 18.3 Å². The lowest BCUT2D eigenvalue weighted by molar-refractivity contribution is 0.590. The molecule has 0 aliphatic rings. The highest BCUT2D eigenvalue weighted by Crippen LogP contribution is 2.41. The van der Waals surface area contributed by atoms with Gasteiger partial charge in [-0.1, -0.05) is 84.9 Å². The number of furan rings is 1. The molecule has 0 aliphatic carbocycles. The van der Waals surface area contributed by atoms with E-state index in [1.165, 1.54) is 27.8 Å². The molecule has 0 bridgehead atoms. The fraction of sp³-hybridized carbons (Fsp3) is 0.303. The first kappa shape index (κ1) is 23.4. The van der Waals surface area contributed by atoms with Gasteiger partial charge in [0.1, 0.15) is 11.2 Å². The van der Waals surface area contributed by atoms with Crippen LogP contribution in [-0.4, -0.2) is 4.98 Å². The van der Waals surface area contributed by atoms with Crippen LogP contribution >= 0.6 is 0 Å². The van der Waals surface area contributed by atoms with Gasteiger partial charge in [0.05, 0.1) is 5.69 Å². The third-order valence-electron chi connectivity index (χ3n) is 7.04. The molecule has 3 aromatic carbocycles. The molecule has 0 unspecified atom stereocenters. The van der Waals surface area contributed by atoms with Crippen molar-refractivity contribution in [3.05, 3.63) is 89.6 Å². The van der Waals surface area contributed by atoms with Crippen molar-refractivity contribution in [2.24, 2.45) is 0 Å². The van der Waals surface area contributed by atoms with Crippen LogP contribution in [0.15, 0.2) is 77.3 Å². The van der Waals surface area contributed by atoms with Crippen LogP contribution in [0.3, 0.4) is 0 Å². The number of fused-ring (bicyclic) bond motifs is 3. The maximum atomic E-state index is 6.44. The zero-order chi connectivity index (χ0) is 24.9. The van der Waals surface area contributed by atoms with E-state index in [-0.39, 0.29) is 5.41 Å². The Morgan fingerprint density at radius 1 is 0.743 bits per heavy atom. The molecule has 2 nitrogen and oxygen atoms in total. The van der Waals surface area contributed by atoms with E-state index in [0.717, 1.165) is 33.2 Å². The van der Waals surface area contributed by atoms with E-state index in [9.17, 15) is 0 Å². The summed E-state index contributed by atoms with van der Waals surface area (Å²) in [5.41, 5.74) is 10.4. The Hall–Kier alpha value is -3.39. The summed E-state index contributed by atoms with van der Waals surface area (Å²) in [5, 5.41) is 2.30. The fourth-order valence-corrected chi connectivity index (χ4v) is 5.07. The lowest BCUT2D eigenvalue weighted by atomic mass is 9.83. The molecule has 0 saturated heterocycles. The minimum atomic E-state index is 0.00792. The molecule has 178 valence electrons. The van der Waals surface area contributed by atoms with Gasteiger partial charge in [-0.15, -0.1) is 0 Å². The smallest absolute Gasteiger partial charge is 0.144 e. The second-order valence-corrected chi connectivity index (χ2v) is 11.3. The maximum absolute atomic E-state index is 6.44. The van der Waals surface area contributed by atoms with Crippen molar-refractivity contribution in [1.82, 2.24) is 4.98 Å². The van der Waals surface area contributed by atoms with Gasteiger partial charge in [0, 0.05) is 22.5 Å².